The Bertz CT molecular complexity index is 1890. The van der Waals surface area contributed by atoms with Crippen molar-refractivity contribution in [3.63, 3.8) is 0 Å². The minimum atomic E-state index is -0.999. The Hall–Kier alpha value is -5.76. The molecule has 0 spiro atoms. The van der Waals surface area contributed by atoms with E-state index in [0.717, 1.165) is 38.9 Å². The molecule has 6 N–H and O–H groups in total. The normalized spacial score (nSPS) is 14.5. The zero-order valence-corrected chi connectivity index (χ0v) is 23.4. The van der Waals surface area contributed by atoms with Gasteiger partial charge < -0.3 is 30.8 Å². The molecule has 1 aliphatic heterocycles. The van der Waals surface area contributed by atoms with Crippen LogP contribution in [-0.2, 0) is 0 Å². The molecular weight excluding hydrogens is 542 g/mol. The minimum absolute atomic E-state index is 0.201. The highest BCUT2D eigenvalue weighted by molar-refractivity contribution is 6.14. The largest absolute Gasteiger partial charge is 0.504 e. The lowest BCUT2D eigenvalue weighted by Gasteiger charge is -2.24. The molecule has 0 saturated carbocycles. The fourth-order valence-electron chi connectivity index (χ4n) is 5.31. The van der Waals surface area contributed by atoms with Gasteiger partial charge >= 0.3 is 0 Å². The molecular formula is C35H29N3O5. The van der Waals surface area contributed by atoms with Gasteiger partial charge in [0, 0.05) is 11.1 Å². The number of nitrogens with zero attached hydrogens (tertiary/aromatic N) is 2. The van der Waals surface area contributed by atoms with E-state index in [2.05, 4.69) is 5.32 Å². The molecule has 1 aliphatic rings. The van der Waals surface area contributed by atoms with Crippen LogP contribution in [0.15, 0.2) is 107 Å². The van der Waals surface area contributed by atoms with Gasteiger partial charge in [0.15, 0.2) is 17.3 Å². The third-order valence-electron chi connectivity index (χ3n) is 7.67. The summed E-state index contributed by atoms with van der Waals surface area (Å²) in [6.07, 6.45) is -0.349. The van der Waals surface area contributed by atoms with Crippen LogP contribution in [0.1, 0.15) is 34.0 Å². The summed E-state index contributed by atoms with van der Waals surface area (Å²) in [4.78, 5) is 9.95. The lowest BCUT2D eigenvalue weighted by Crippen LogP contribution is -2.33. The second-order valence-corrected chi connectivity index (χ2v) is 10.4. The summed E-state index contributed by atoms with van der Waals surface area (Å²) in [5.74, 6) is -3.05. The standard InChI is InChI=1S/C35H29N3O5/c1-19-16-17-23(27-28(39)30(41)32(43)31(42)29(27)40)18-26(19)24-14-9-15-25(20(24)2)35-37-33(21-10-5-3-6-11-21)36-34(38-35)22-12-7-4-8-13-22/h3-18,33,39-43H,1-2H3,(H,36,37,38). The molecule has 6 rings (SSSR count). The maximum Gasteiger partial charge on any atom is 0.208 e. The number of rotatable bonds is 5. The topological polar surface area (TPSA) is 138 Å². The number of benzene rings is 5. The van der Waals surface area contributed by atoms with Gasteiger partial charge in [-0.2, -0.15) is 0 Å². The number of amidine groups is 2. The fraction of sp³-hybridized carbons (Fsp3) is 0.0857. The Morgan fingerprint density at radius 1 is 0.581 bits per heavy atom. The molecule has 43 heavy (non-hydrogen) atoms. The van der Waals surface area contributed by atoms with Crippen molar-refractivity contribution in [1.82, 2.24) is 5.32 Å². The van der Waals surface area contributed by atoms with Crippen LogP contribution in [-0.4, -0.2) is 37.2 Å². The van der Waals surface area contributed by atoms with Crippen LogP contribution in [0, 0.1) is 13.8 Å². The van der Waals surface area contributed by atoms with Crippen molar-refractivity contribution in [2.24, 2.45) is 9.98 Å². The van der Waals surface area contributed by atoms with E-state index in [1.54, 1.807) is 12.1 Å². The van der Waals surface area contributed by atoms with Gasteiger partial charge in [0.1, 0.15) is 12.0 Å². The molecule has 0 saturated heterocycles. The Morgan fingerprint density at radius 3 is 1.86 bits per heavy atom. The van der Waals surface area contributed by atoms with Crippen LogP contribution in [0.2, 0.25) is 0 Å². The summed E-state index contributed by atoms with van der Waals surface area (Å²) in [5.41, 5.74) is 6.40. The van der Waals surface area contributed by atoms with E-state index in [-0.39, 0.29) is 11.7 Å². The van der Waals surface area contributed by atoms with Gasteiger partial charge in [-0.25, -0.2) is 9.98 Å². The van der Waals surface area contributed by atoms with Crippen molar-refractivity contribution in [1.29, 1.82) is 0 Å². The predicted octanol–water partition coefficient (Wildman–Crippen LogP) is 6.66. The van der Waals surface area contributed by atoms with Crippen LogP contribution in [0.25, 0.3) is 22.3 Å². The first-order chi connectivity index (χ1) is 20.7. The molecule has 8 heteroatoms. The second-order valence-electron chi connectivity index (χ2n) is 10.4. The lowest BCUT2D eigenvalue weighted by molar-refractivity contribution is 0.330. The van der Waals surface area contributed by atoms with Crippen LogP contribution >= 0.6 is 0 Å². The van der Waals surface area contributed by atoms with E-state index in [0.29, 0.717) is 17.2 Å². The van der Waals surface area contributed by atoms with E-state index >= 15 is 0 Å². The van der Waals surface area contributed by atoms with Gasteiger partial charge in [-0.05, 0) is 53.3 Å². The maximum absolute atomic E-state index is 10.6. The van der Waals surface area contributed by atoms with Gasteiger partial charge in [0.2, 0.25) is 17.2 Å². The maximum atomic E-state index is 10.6. The van der Waals surface area contributed by atoms with E-state index in [9.17, 15) is 25.5 Å². The average Bonchev–Trinajstić information content (AvgIpc) is 3.04. The predicted molar refractivity (Wildman–Crippen MR) is 167 cm³/mol. The molecule has 1 unspecified atom stereocenters. The zero-order valence-electron chi connectivity index (χ0n) is 23.4. The number of aryl methyl sites for hydroxylation is 1. The van der Waals surface area contributed by atoms with Gasteiger partial charge in [-0.15, -0.1) is 0 Å². The summed E-state index contributed by atoms with van der Waals surface area (Å²) in [6, 6.07) is 30.9. The lowest BCUT2D eigenvalue weighted by atomic mass is 9.90. The van der Waals surface area contributed by atoms with Crippen LogP contribution in [0.5, 0.6) is 28.7 Å². The smallest absolute Gasteiger partial charge is 0.208 e. The molecule has 214 valence electrons. The van der Waals surface area contributed by atoms with Crippen molar-refractivity contribution in [3.05, 3.63) is 125 Å². The summed E-state index contributed by atoms with van der Waals surface area (Å²) in [5, 5.41) is 54.7. The van der Waals surface area contributed by atoms with Gasteiger partial charge in [-0.1, -0.05) is 91.0 Å². The minimum Gasteiger partial charge on any atom is -0.504 e. The van der Waals surface area contributed by atoms with Gasteiger partial charge in [-0.3, -0.25) is 0 Å². The monoisotopic (exact) mass is 571 g/mol. The Balaban J connectivity index is 1.49. The first kappa shape index (κ1) is 27.4. The van der Waals surface area contributed by atoms with Gasteiger partial charge in [0.25, 0.3) is 0 Å². The van der Waals surface area contributed by atoms with E-state index in [4.69, 9.17) is 9.98 Å². The van der Waals surface area contributed by atoms with Crippen LogP contribution in [0.3, 0.4) is 0 Å². The number of hydrogen-bond donors (Lipinski definition) is 6. The number of aliphatic imine (C=N–C) groups is 2. The fourth-order valence-corrected chi connectivity index (χ4v) is 5.31. The van der Waals surface area contributed by atoms with Crippen molar-refractivity contribution in [3.8, 4) is 51.0 Å². The zero-order chi connectivity index (χ0) is 30.2. The quantitative estimate of drug-likeness (QED) is 0.103. The highest BCUT2D eigenvalue weighted by Crippen LogP contribution is 2.55. The highest BCUT2D eigenvalue weighted by Gasteiger charge is 2.26. The molecule has 0 aromatic heterocycles. The Labute approximate surface area is 248 Å². The number of nitrogens with one attached hydrogen (secondary N) is 1. The summed E-state index contributed by atoms with van der Waals surface area (Å²) >= 11 is 0. The summed E-state index contributed by atoms with van der Waals surface area (Å²) < 4.78 is 0. The third kappa shape index (κ3) is 4.89. The van der Waals surface area contributed by atoms with Crippen LogP contribution < -0.4 is 5.32 Å². The van der Waals surface area contributed by atoms with Crippen molar-refractivity contribution in [2.45, 2.75) is 20.0 Å². The van der Waals surface area contributed by atoms with E-state index < -0.39 is 28.7 Å². The molecule has 0 amide bonds. The first-order valence-corrected chi connectivity index (χ1v) is 13.7. The Kier molecular flexibility index (Phi) is 6.95. The number of aromatic hydroxyl groups is 5. The molecule has 0 bridgehead atoms. The number of phenols is 5. The molecule has 1 atom stereocenters. The molecule has 0 aliphatic carbocycles. The average molecular weight is 572 g/mol. The van der Waals surface area contributed by atoms with Crippen molar-refractivity contribution >= 4 is 11.7 Å². The Morgan fingerprint density at radius 2 is 1.19 bits per heavy atom. The van der Waals surface area contributed by atoms with E-state index in [1.807, 2.05) is 98.8 Å². The first-order valence-electron chi connectivity index (χ1n) is 13.7. The highest BCUT2D eigenvalue weighted by atomic mass is 16.4. The number of hydrogen-bond acceptors (Lipinski definition) is 8. The van der Waals surface area contributed by atoms with Gasteiger partial charge in [0.05, 0.1) is 5.56 Å². The molecule has 5 aromatic carbocycles. The summed E-state index contributed by atoms with van der Waals surface area (Å²) in [7, 11) is 0. The summed E-state index contributed by atoms with van der Waals surface area (Å²) in [6.45, 7) is 3.93. The van der Waals surface area contributed by atoms with Crippen molar-refractivity contribution in [2.75, 3.05) is 0 Å². The molecule has 0 fully saturated rings. The molecule has 1 heterocycles. The number of phenolic OH excluding ortho intramolecular Hbond substituents is 5. The third-order valence-corrected chi connectivity index (χ3v) is 7.67. The SMILES string of the molecule is Cc1ccc(-c2c(O)c(O)c(O)c(O)c2O)cc1-c1cccc(C2=NC(c3ccccc3)NC(c3ccccc3)=N2)c1C. The molecule has 0 radical (unpaired) electrons. The van der Waals surface area contributed by atoms with E-state index in [1.165, 1.54) is 0 Å². The molecule has 5 aromatic rings. The molecule has 8 nitrogen and oxygen atoms in total. The van der Waals surface area contributed by atoms with Crippen molar-refractivity contribution < 1.29 is 25.5 Å². The second kappa shape index (κ2) is 10.9. The van der Waals surface area contributed by atoms with Crippen LogP contribution in [0.4, 0.5) is 0 Å².